The van der Waals surface area contributed by atoms with Gasteiger partial charge in [0.05, 0.1) is 16.8 Å². The van der Waals surface area contributed by atoms with Crippen LogP contribution in [0.5, 0.6) is 0 Å². The molecule has 0 bridgehead atoms. The molecule has 3 N–H and O–H groups in total. The van der Waals surface area contributed by atoms with Crippen molar-refractivity contribution in [1.29, 1.82) is 0 Å². The predicted molar refractivity (Wildman–Crippen MR) is 112 cm³/mol. The van der Waals surface area contributed by atoms with E-state index < -0.39 is 36.5 Å². The van der Waals surface area contributed by atoms with Crippen molar-refractivity contribution in [2.75, 3.05) is 30.8 Å². The molecule has 3 rings (SSSR count). The number of fused-ring (bicyclic) bond motifs is 1. The number of alkyl halides is 3. The first kappa shape index (κ1) is 23.4. The molecule has 7 nitrogen and oxygen atoms in total. The van der Waals surface area contributed by atoms with Crippen LogP contribution < -0.4 is 10.6 Å². The molecule has 0 fully saturated rings. The maximum atomic E-state index is 13.7. The monoisotopic (exact) mass is 470 g/mol. The van der Waals surface area contributed by atoms with E-state index in [1.807, 2.05) is 0 Å². The Labute approximate surface area is 183 Å². The molecular weight excluding hydrogens is 452 g/mol. The minimum Gasteiger partial charge on any atom is -0.395 e. The van der Waals surface area contributed by atoms with Gasteiger partial charge >= 0.3 is 12.2 Å². The number of carbonyl (C=O) groups is 2. The number of halogens is 4. The van der Waals surface area contributed by atoms with E-state index in [9.17, 15) is 27.2 Å². The number of hydrogen-bond acceptors (Lipinski definition) is 5. The summed E-state index contributed by atoms with van der Waals surface area (Å²) in [4.78, 5) is 29.4. The summed E-state index contributed by atoms with van der Waals surface area (Å²) in [6, 6.07) is 8.11. The average molecular weight is 470 g/mol. The summed E-state index contributed by atoms with van der Waals surface area (Å²) < 4.78 is 54.2. The van der Waals surface area contributed by atoms with Gasteiger partial charge in [0.2, 0.25) is 5.91 Å². The lowest BCUT2D eigenvalue weighted by Gasteiger charge is -2.25. The molecule has 1 heterocycles. The highest BCUT2D eigenvalue weighted by Crippen LogP contribution is 2.38. The predicted octanol–water partition coefficient (Wildman–Crippen LogP) is 4.18. The van der Waals surface area contributed by atoms with Gasteiger partial charge in [-0.2, -0.15) is 13.2 Å². The Morgan fingerprint density at radius 1 is 1.16 bits per heavy atom. The van der Waals surface area contributed by atoms with Crippen LogP contribution in [0.15, 0.2) is 42.5 Å². The minimum absolute atomic E-state index is 0.129. The first-order chi connectivity index (χ1) is 15.1. The number of rotatable bonds is 6. The van der Waals surface area contributed by atoms with E-state index in [4.69, 9.17) is 5.11 Å². The van der Waals surface area contributed by atoms with Gasteiger partial charge in [-0.25, -0.2) is 14.2 Å². The van der Waals surface area contributed by atoms with Crippen molar-refractivity contribution in [3.8, 4) is 0 Å². The zero-order valence-electron chi connectivity index (χ0n) is 16.6. The van der Waals surface area contributed by atoms with Crippen molar-refractivity contribution in [2.24, 2.45) is 0 Å². The maximum Gasteiger partial charge on any atom is 0.404 e. The average Bonchev–Trinajstić information content (AvgIpc) is 3.10. The van der Waals surface area contributed by atoms with E-state index >= 15 is 0 Å². The number of likely N-dealkylation sites (N-methyl/N-ethyl adjacent to an activating group) is 1. The van der Waals surface area contributed by atoms with Crippen LogP contribution in [-0.2, 0) is 4.79 Å². The molecule has 1 aromatic heterocycles. The second-order valence-electron chi connectivity index (χ2n) is 6.79. The zero-order valence-corrected chi connectivity index (χ0v) is 17.4. The summed E-state index contributed by atoms with van der Waals surface area (Å²) in [5.74, 6) is -4.05. The topological polar surface area (TPSA) is 94.6 Å². The van der Waals surface area contributed by atoms with E-state index in [-0.39, 0.29) is 17.2 Å². The maximum absolute atomic E-state index is 13.7. The van der Waals surface area contributed by atoms with Crippen molar-refractivity contribution >= 4 is 44.3 Å². The first-order valence-electron chi connectivity index (χ1n) is 9.25. The fourth-order valence-electron chi connectivity index (χ4n) is 2.92. The summed E-state index contributed by atoms with van der Waals surface area (Å²) in [5, 5.41) is 14.0. The third-order valence-electron chi connectivity index (χ3n) is 4.45. The number of benzene rings is 2. The molecular formula is C20H18F4N4O3S. The molecule has 0 saturated heterocycles. The van der Waals surface area contributed by atoms with E-state index in [2.05, 4.69) is 15.6 Å². The second-order valence-corrected chi connectivity index (χ2v) is 7.82. The number of amides is 3. The fourth-order valence-corrected chi connectivity index (χ4v) is 3.83. The molecule has 2 aromatic carbocycles. The summed E-state index contributed by atoms with van der Waals surface area (Å²) in [6.45, 7) is -0.693. The molecule has 3 amide bonds. The highest BCUT2D eigenvalue weighted by Gasteiger charge is 2.47. The molecule has 0 radical (unpaired) electrons. The number of aromatic nitrogens is 1. The molecule has 0 saturated carbocycles. The van der Waals surface area contributed by atoms with Crippen LogP contribution in [0.25, 0.3) is 10.2 Å². The molecule has 1 unspecified atom stereocenters. The molecule has 0 spiro atoms. The number of urea groups is 1. The van der Waals surface area contributed by atoms with Gasteiger partial charge in [-0.15, -0.1) is 0 Å². The lowest BCUT2D eigenvalue weighted by molar-refractivity contribution is -0.171. The smallest absolute Gasteiger partial charge is 0.395 e. The van der Waals surface area contributed by atoms with E-state index in [0.717, 1.165) is 22.3 Å². The Morgan fingerprint density at radius 3 is 2.47 bits per heavy atom. The van der Waals surface area contributed by atoms with Crippen LogP contribution in [0, 0.1) is 5.82 Å². The Bertz CT molecular complexity index is 1120. The summed E-state index contributed by atoms with van der Waals surface area (Å²) >= 11 is 0.936. The minimum atomic E-state index is -4.84. The summed E-state index contributed by atoms with van der Waals surface area (Å²) in [7, 11) is 1.18. The van der Waals surface area contributed by atoms with Crippen LogP contribution in [0.3, 0.4) is 0 Å². The van der Waals surface area contributed by atoms with Crippen molar-refractivity contribution in [3.05, 3.63) is 53.8 Å². The van der Waals surface area contributed by atoms with Gasteiger partial charge in [0.15, 0.2) is 11.0 Å². The number of anilines is 2. The molecule has 1 atom stereocenters. The zero-order chi connectivity index (χ0) is 23.5. The highest BCUT2D eigenvalue weighted by atomic mass is 32.1. The second kappa shape index (κ2) is 9.49. The molecule has 0 aliphatic heterocycles. The lowest BCUT2D eigenvalue weighted by Crippen LogP contribution is -2.40. The van der Waals surface area contributed by atoms with Crippen LogP contribution in [-0.4, -0.2) is 53.3 Å². The van der Waals surface area contributed by atoms with Gasteiger partial charge < -0.3 is 15.3 Å². The van der Waals surface area contributed by atoms with Gasteiger partial charge in [-0.05, 0) is 42.0 Å². The van der Waals surface area contributed by atoms with Gasteiger partial charge in [0, 0.05) is 19.3 Å². The van der Waals surface area contributed by atoms with Crippen molar-refractivity contribution in [3.63, 3.8) is 0 Å². The number of carbonyl (C=O) groups excluding carboxylic acids is 2. The molecule has 0 aliphatic rings. The van der Waals surface area contributed by atoms with E-state index in [0.29, 0.717) is 15.9 Å². The van der Waals surface area contributed by atoms with Gasteiger partial charge in [-0.3, -0.25) is 10.1 Å². The third kappa shape index (κ3) is 5.51. The largest absolute Gasteiger partial charge is 0.404 e. The number of nitrogens with one attached hydrogen (secondary N) is 2. The number of hydrogen-bond donors (Lipinski definition) is 3. The Morgan fingerprint density at radius 2 is 1.84 bits per heavy atom. The highest BCUT2D eigenvalue weighted by molar-refractivity contribution is 7.22. The number of aliphatic hydroxyl groups excluding tert-OH is 1. The SMILES string of the molecule is CN(CCO)C(=O)C(c1ccc2nc(NC(=O)Nc3ccc(F)cc3)sc2c1)C(F)(F)F. The third-order valence-corrected chi connectivity index (χ3v) is 5.39. The Balaban J connectivity index is 1.81. The molecule has 3 aromatic rings. The first-order valence-corrected chi connectivity index (χ1v) is 10.1. The molecule has 32 heavy (non-hydrogen) atoms. The summed E-state index contributed by atoms with van der Waals surface area (Å²) in [5.41, 5.74) is 0.407. The number of aliphatic hydroxyl groups is 1. The number of thiazole rings is 1. The molecule has 170 valence electrons. The summed E-state index contributed by atoms with van der Waals surface area (Å²) in [6.07, 6.45) is -4.84. The Kier molecular flexibility index (Phi) is 6.94. The van der Waals surface area contributed by atoms with Gasteiger partial charge in [-0.1, -0.05) is 17.4 Å². The van der Waals surface area contributed by atoms with E-state index in [1.54, 1.807) is 0 Å². The standard InChI is InChI=1S/C20H18F4N4O3S/c1-28(8-9-29)17(30)16(20(22,23)24)11-2-7-14-15(10-11)32-19(26-14)27-18(31)25-13-5-3-12(21)4-6-13/h2-7,10,16,29H,8-9H2,1H3,(H2,25,26,27,31). The Hall–Kier alpha value is -3.25. The molecule has 12 heteroatoms. The lowest BCUT2D eigenvalue weighted by atomic mass is 9.97. The van der Waals surface area contributed by atoms with E-state index in [1.165, 1.54) is 43.4 Å². The van der Waals surface area contributed by atoms with Gasteiger partial charge in [0.1, 0.15) is 5.82 Å². The van der Waals surface area contributed by atoms with Crippen molar-refractivity contribution in [1.82, 2.24) is 9.88 Å². The van der Waals surface area contributed by atoms with Crippen molar-refractivity contribution < 1.29 is 32.3 Å². The van der Waals surface area contributed by atoms with Gasteiger partial charge in [0.25, 0.3) is 0 Å². The number of nitrogens with zero attached hydrogens (tertiary/aromatic N) is 2. The molecule has 0 aliphatic carbocycles. The van der Waals surface area contributed by atoms with Crippen LogP contribution in [0.2, 0.25) is 0 Å². The van der Waals surface area contributed by atoms with Crippen molar-refractivity contribution in [2.45, 2.75) is 12.1 Å². The normalized spacial score (nSPS) is 12.4. The quantitative estimate of drug-likeness (QED) is 0.471. The fraction of sp³-hybridized carbons (Fsp3) is 0.250. The van der Waals surface area contributed by atoms with Crippen LogP contribution in [0.1, 0.15) is 11.5 Å². The van der Waals surface area contributed by atoms with Crippen LogP contribution >= 0.6 is 11.3 Å². The van der Waals surface area contributed by atoms with Crippen LogP contribution in [0.4, 0.5) is 33.2 Å².